The molecule has 2 aromatic carbocycles. The van der Waals surface area contributed by atoms with Crippen LogP contribution in [-0.4, -0.2) is 16.1 Å². The van der Waals surface area contributed by atoms with Gasteiger partial charge in [0, 0.05) is 18.3 Å². The second kappa shape index (κ2) is 7.41. The van der Waals surface area contributed by atoms with E-state index in [1.165, 1.54) is 16.7 Å². The third-order valence-electron chi connectivity index (χ3n) is 3.84. The smallest absolute Gasteiger partial charge is 0.173 e. The lowest BCUT2D eigenvalue weighted by Crippen LogP contribution is -2.39. The quantitative estimate of drug-likeness (QED) is 0.807. The maximum atomic E-state index is 5.62. The molecule has 22 heavy (non-hydrogen) atoms. The summed E-state index contributed by atoms with van der Waals surface area (Å²) in [6.07, 6.45) is 0. The highest BCUT2D eigenvalue weighted by Gasteiger charge is 2.14. The van der Waals surface area contributed by atoms with Crippen LogP contribution in [-0.2, 0) is 6.54 Å². The molecule has 1 N–H and O–H groups in total. The van der Waals surface area contributed by atoms with E-state index in [-0.39, 0.29) is 0 Å². The second-order valence-electron chi connectivity index (χ2n) is 5.94. The van der Waals surface area contributed by atoms with Crippen LogP contribution in [0.2, 0.25) is 0 Å². The van der Waals surface area contributed by atoms with Gasteiger partial charge in [-0.25, -0.2) is 0 Å². The van der Waals surface area contributed by atoms with E-state index in [2.05, 4.69) is 80.4 Å². The molecule has 2 nitrogen and oxygen atoms in total. The number of nitrogens with zero attached hydrogens (tertiary/aromatic N) is 1. The monoisotopic (exact) mass is 312 g/mol. The van der Waals surface area contributed by atoms with Crippen molar-refractivity contribution in [2.75, 3.05) is 5.32 Å². The number of benzene rings is 2. The fourth-order valence-corrected chi connectivity index (χ4v) is 2.68. The molecule has 0 saturated carbocycles. The Morgan fingerprint density at radius 3 is 2.32 bits per heavy atom. The van der Waals surface area contributed by atoms with E-state index in [1.54, 1.807) is 0 Å². The Labute approximate surface area is 139 Å². The van der Waals surface area contributed by atoms with E-state index in [9.17, 15) is 0 Å². The van der Waals surface area contributed by atoms with E-state index < -0.39 is 0 Å². The average Bonchev–Trinajstić information content (AvgIpc) is 2.49. The van der Waals surface area contributed by atoms with E-state index in [0.717, 1.165) is 17.3 Å². The predicted octanol–water partition coefficient (Wildman–Crippen LogP) is 4.91. The van der Waals surface area contributed by atoms with Gasteiger partial charge in [-0.05, 0) is 68.7 Å². The van der Waals surface area contributed by atoms with Gasteiger partial charge in [-0.15, -0.1) is 0 Å². The highest BCUT2D eigenvalue weighted by Crippen LogP contribution is 2.16. The minimum absolute atomic E-state index is 0.340. The van der Waals surface area contributed by atoms with Crippen molar-refractivity contribution in [2.45, 2.75) is 40.3 Å². The summed E-state index contributed by atoms with van der Waals surface area (Å²) in [7, 11) is 0. The summed E-state index contributed by atoms with van der Waals surface area (Å²) in [4.78, 5) is 2.21. The maximum absolute atomic E-state index is 5.62. The maximum Gasteiger partial charge on any atom is 0.173 e. The van der Waals surface area contributed by atoms with Gasteiger partial charge < -0.3 is 10.2 Å². The number of thiocarbonyl (C=S) groups is 1. The van der Waals surface area contributed by atoms with Gasteiger partial charge in [0.1, 0.15) is 0 Å². The molecule has 0 heterocycles. The highest BCUT2D eigenvalue weighted by atomic mass is 32.1. The van der Waals surface area contributed by atoms with Gasteiger partial charge in [0.05, 0.1) is 0 Å². The number of anilines is 1. The van der Waals surface area contributed by atoms with Crippen LogP contribution in [0.5, 0.6) is 0 Å². The lowest BCUT2D eigenvalue weighted by atomic mass is 10.1. The summed E-state index contributed by atoms with van der Waals surface area (Å²) in [6.45, 7) is 9.38. The lowest BCUT2D eigenvalue weighted by Gasteiger charge is -2.30. The van der Waals surface area contributed by atoms with Crippen LogP contribution >= 0.6 is 12.2 Å². The summed E-state index contributed by atoms with van der Waals surface area (Å²) in [5.41, 5.74) is 4.88. The molecule has 0 unspecified atom stereocenters. The van der Waals surface area contributed by atoms with Gasteiger partial charge in [-0.3, -0.25) is 0 Å². The number of hydrogen-bond donors (Lipinski definition) is 1. The van der Waals surface area contributed by atoms with Crippen LogP contribution in [0.3, 0.4) is 0 Å². The molecule has 0 aliphatic heterocycles. The molecule has 0 saturated heterocycles. The summed E-state index contributed by atoms with van der Waals surface area (Å²) in [5, 5.41) is 4.13. The number of rotatable bonds is 4. The number of aryl methyl sites for hydroxylation is 2. The van der Waals surface area contributed by atoms with Crippen molar-refractivity contribution in [3.8, 4) is 0 Å². The van der Waals surface area contributed by atoms with Crippen LogP contribution in [0.25, 0.3) is 0 Å². The zero-order valence-corrected chi connectivity index (χ0v) is 14.6. The van der Waals surface area contributed by atoms with Crippen LogP contribution in [0.15, 0.2) is 48.5 Å². The Balaban J connectivity index is 2.11. The Kier molecular flexibility index (Phi) is 5.56. The molecule has 0 amide bonds. The normalized spacial score (nSPS) is 10.6. The fourth-order valence-electron chi connectivity index (χ4n) is 2.28. The van der Waals surface area contributed by atoms with Gasteiger partial charge >= 0.3 is 0 Å². The number of hydrogen-bond acceptors (Lipinski definition) is 1. The lowest BCUT2D eigenvalue weighted by molar-refractivity contribution is 0.348. The molecule has 2 rings (SSSR count). The first-order valence-electron chi connectivity index (χ1n) is 7.66. The molecular weight excluding hydrogens is 288 g/mol. The van der Waals surface area contributed by atoms with Gasteiger partial charge in [-0.1, -0.05) is 36.4 Å². The van der Waals surface area contributed by atoms with E-state index in [0.29, 0.717) is 6.04 Å². The van der Waals surface area contributed by atoms with Gasteiger partial charge in [0.15, 0.2) is 5.11 Å². The minimum Gasteiger partial charge on any atom is -0.342 e. The predicted molar refractivity (Wildman–Crippen MR) is 99.3 cm³/mol. The Bertz CT molecular complexity index is 635. The van der Waals surface area contributed by atoms with Gasteiger partial charge in [-0.2, -0.15) is 0 Å². The molecule has 0 aliphatic rings. The summed E-state index contributed by atoms with van der Waals surface area (Å²) in [5.74, 6) is 0. The summed E-state index contributed by atoms with van der Waals surface area (Å²) >= 11 is 5.62. The fraction of sp³-hybridized carbons (Fsp3) is 0.316. The first kappa shape index (κ1) is 16.5. The van der Waals surface area contributed by atoms with Crippen LogP contribution < -0.4 is 5.32 Å². The van der Waals surface area contributed by atoms with Crippen molar-refractivity contribution in [1.29, 1.82) is 0 Å². The van der Waals surface area contributed by atoms with Crippen molar-refractivity contribution < 1.29 is 0 Å². The van der Waals surface area contributed by atoms with Crippen molar-refractivity contribution in [3.63, 3.8) is 0 Å². The molecular formula is C19H24N2S. The molecule has 2 aromatic rings. The molecule has 0 aliphatic carbocycles. The van der Waals surface area contributed by atoms with Crippen LogP contribution in [0.4, 0.5) is 5.69 Å². The first-order valence-corrected chi connectivity index (χ1v) is 8.07. The van der Waals surface area contributed by atoms with E-state index in [1.807, 2.05) is 6.07 Å². The Morgan fingerprint density at radius 2 is 1.73 bits per heavy atom. The Morgan fingerprint density at radius 1 is 1.05 bits per heavy atom. The second-order valence-corrected chi connectivity index (χ2v) is 6.32. The molecule has 116 valence electrons. The van der Waals surface area contributed by atoms with Gasteiger partial charge in [0.25, 0.3) is 0 Å². The average molecular weight is 312 g/mol. The van der Waals surface area contributed by atoms with Crippen molar-refractivity contribution in [3.05, 3.63) is 65.2 Å². The van der Waals surface area contributed by atoms with E-state index >= 15 is 0 Å². The third-order valence-corrected chi connectivity index (χ3v) is 4.17. The molecule has 3 heteroatoms. The SMILES string of the molecule is Cc1ccc(NC(=S)N(Cc2ccccc2)C(C)C)cc1C. The Hall–Kier alpha value is -1.87. The zero-order valence-electron chi connectivity index (χ0n) is 13.8. The van der Waals surface area contributed by atoms with Crippen LogP contribution in [0, 0.1) is 13.8 Å². The highest BCUT2D eigenvalue weighted by molar-refractivity contribution is 7.80. The van der Waals surface area contributed by atoms with Gasteiger partial charge in [0.2, 0.25) is 0 Å². The first-order chi connectivity index (χ1) is 10.5. The molecule has 0 aromatic heterocycles. The largest absolute Gasteiger partial charge is 0.342 e. The molecule has 0 atom stereocenters. The van der Waals surface area contributed by atoms with E-state index in [4.69, 9.17) is 12.2 Å². The van der Waals surface area contributed by atoms with Crippen LogP contribution in [0.1, 0.15) is 30.5 Å². The van der Waals surface area contributed by atoms with Crippen molar-refractivity contribution >= 4 is 23.0 Å². The standard InChI is InChI=1S/C19H24N2S/c1-14(2)21(13-17-8-6-5-7-9-17)19(22)20-18-11-10-15(3)16(4)12-18/h5-12,14H,13H2,1-4H3,(H,20,22). The molecule has 0 fully saturated rings. The molecule has 0 spiro atoms. The van der Waals surface area contributed by atoms with Crippen molar-refractivity contribution in [2.24, 2.45) is 0 Å². The number of nitrogens with one attached hydrogen (secondary N) is 1. The molecule has 0 radical (unpaired) electrons. The third kappa shape index (κ3) is 4.31. The minimum atomic E-state index is 0.340. The zero-order chi connectivity index (χ0) is 16.1. The topological polar surface area (TPSA) is 15.3 Å². The van der Waals surface area contributed by atoms with Crippen molar-refractivity contribution in [1.82, 2.24) is 4.90 Å². The molecule has 0 bridgehead atoms. The summed E-state index contributed by atoms with van der Waals surface area (Å²) < 4.78 is 0. The summed E-state index contributed by atoms with van der Waals surface area (Å²) in [6, 6.07) is 17.1.